The Bertz CT molecular complexity index is 389. The minimum absolute atomic E-state index is 0.337. The summed E-state index contributed by atoms with van der Waals surface area (Å²) >= 11 is 0. The van der Waals surface area contributed by atoms with Gasteiger partial charge in [-0.15, -0.1) is 0 Å². The molecule has 2 heterocycles. The number of aryl methyl sites for hydroxylation is 1. The number of piperidine rings is 1. The molecule has 4 heteroatoms. The van der Waals surface area contributed by atoms with Gasteiger partial charge in [0.25, 0.3) is 0 Å². The Balaban J connectivity index is 1.96. The van der Waals surface area contributed by atoms with Gasteiger partial charge in [0.1, 0.15) is 11.5 Å². The molecule has 2 N–H and O–H groups in total. The summed E-state index contributed by atoms with van der Waals surface area (Å²) in [5.74, 6) is 2.56. The van der Waals surface area contributed by atoms with E-state index in [2.05, 4.69) is 17.9 Å². The van der Waals surface area contributed by atoms with Crippen LogP contribution in [0, 0.1) is 12.8 Å². The zero-order valence-corrected chi connectivity index (χ0v) is 11.6. The molecule has 0 aliphatic carbocycles. The number of nitrogens with two attached hydrogens (primary N) is 1. The van der Waals surface area contributed by atoms with Crippen LogP contribution in [0.25, 0.3) is 0 Å². The van der Waals surface area contributed by atoms with Gasteiger partial charge in [0.15, 0.2) is 0 Å². The van der Waals surface area contributed by atoms with E-state index in [4.69, 9.17) is 14.9 Å². The molecule has 0 radical (unpaired) electrons. The van der Waals surface area contributed by atoms with Crippen molar-refractivity contribution in [3.8, 4) is 0 Å². The summed E-state index contributed by atoms with van der Waals surface area (Å²) in [7, 11) is 1.80. The molecule has 0 saturated carbocycles. The van der Waals surface area contributed by atoms with E-state index in [1.54, 1.807) is 7.11 Å². The van der Waals surface area contributed by atoms with E-state index in [0.717, 1.165) is 36.7 Å². The summed E-state index contributed by atoms with van der Waals surface area (Å²) in [5.41, 5.74) is 6.79. The Kier molecular flexibility index (Phi) is 4.43. The first-order valence-corrected chi connectivity index (χ1v) is 6.67. The Morgan fingerprint density at radius 3 is 2.94 bits per heavy atom. The van der Waals surface area contributed by atoms with Gasteiger partial charge in [-0.1, -0.05) is 6.92 Å². The van der Waals surface area contributed by atoms with E-state index in [0.29, 0.717) is 18.6 Å². The molecule has 1 aliphatic rings. The maximum atomic E-state index is 5.75. The van der Waals surface area contributed by atoms with Crippen LogP contribution in [0.3, 0.4) is 0 Å². The Morgan fingerprint density at radius 2 is 2.33 bits per heavy atom. The van der Waals surface area contributed by atoms with Crippen molar-refractivity contribution >= 4 is 0 Å². The molecule has 2 rings (SSSR count). The number of methoxy groups -OCH3 is 1. The lowest BCUT2D eigenvalue weighted by Gasteiger charge is -2.35. The highest BCUT2D eigenvalue weighted by Crippen LogP contribution is 2.22. The normalized spacial score (nSPS) is 25.6. The van der Waals surface area contributed by atoms with Gasteiger partial charge in [0.2, 0.25) is 0 Å². The van der Waals surface area contributed by atoms with Crippen molar-refractivity contribution < 1.29 is 9.15 Å². The van der Waals surface area contributed by atoms with E-state index in [1.807, 2.05) is 6.92 Å². The molecule has 102 valence electrons. The number of nitrogens with zero attached hydrogens (tertiary/aromatic N) is 1. The average Bonchev–Trinajstić information content (AvgIpc) is 2.72. The molecule has 1 saturated heterocycles. The van der Waals surface area contributed by atoms with Crippen molar-refractivity contribution in [2.24, 2.45) is 11.7 Å². The fourth-order valence-electron chi connectivity index (χ4n) is 2.64. The molecule has 0 aromatic carbocycles. The molecule has 1 aliphatic heterocycles. The quantitative estimate of drug-likeness (QED) is 0.889. The zero-order valence-electron chi connectivity index (χ0n) is 11.6. The molecule has 1 aromatic heterocycles. The van der Waals surface area contributed by atoms with Gasteiger partial charge >= 0.3 is 0 Å². The molecule has 1 fully saturated rings. The van der Waals surface area contributed by atoms with Crippen LogP contribution in [0.1, 0.15) is 30.4 Å². The monoisotopic (exact) mass is 252 g/mol. The van der Waals surface area contributed by atoms with Crippen molar-refractivity contribution in [1.29, 1.82) is 0 Å². The molecule has 18 heavy (non-hydrogen) atoms. The van der Waals surface area contributed by atoms with Crippen molar-refractivity contribution in [3.05, 3.63) is 23.2 Å². The number of furan rings is 1. The second kappa shape index (κ2) is 5.87. The predicted molar refractivity (Wildman–Crippen MR) is 71.2 cm³/mol. The van der Waals surface area contributed by atoms with Crippen LogP contribution < -0.4 is 5.73 Å². The lowest BCUT2D eigenvalue weighted by atomic mass is 9.96. The average molecular weight is 252 g/mol. The van der Waals surface area contributed by atoms with Gasteiger partial charge in [-0.3, -0.25) is 4.90 Å². The maximum Gasteiger partial charge on any atom is 0.120 e. The van der Waals surface area contributed by atoms with Crippen LogP contribution in [-0.2, 0) is 17.8 Å². The minimum Gasteiger partial charge on any atom is -0.463 e. The predicted octanol–water partition coefficient (Wildman–Crippen LogP) is 1.90. The second-order valence-corrected chi connectivity index (χ2v) is 5.30. The number of hydrogen-bond acceptors (Lipinski definition) is 4. The molecule has 1 aromatic rings. The molecular weight excluding hydrogens is 228 g/mol. The SMILES string of the molecule is COC1CN(Cc2cc(C)c(CN)o2)CCC1C. The van der Waals surface area contributed by atoms with Gasteiger partial charge in [-0.05, 0) is 37.4 Å². The van der Waals surface area contributed by atoms with Crippen LogP contribution in [0.15, 0.2) is 10.5 Å². The summed E-state index contributed by atoms with van der Waals surface area (Å²) in [6.45, 7) is 7.73. The summed E-state index contributed by atoms with van der Waals surface area (Å²) < 4.78 is 11.3. The third kappa shape index (κ3) is 2.94. The van der Waals surface area contributed by atoms with E-state index >= 15 is 0 Å². The molecule has 4 nitrogen and oxygen atoms in total. The van der Waals surface area contributed by atoms with Crippen molar-refractivity contribution in [2.45, 2.75) is 39.5 Å². The van der Waals surface area contributed by atoms with Gasteiger partial charge in [0.05, 0.1) is 19.2 Å². The third-order valence-corrected chi connectivity index (χ3v) is 3.91. The summed E-state index contributed by atoms with van der Waals surface area (Å²) in [5, 5.41) is 0. The first-order valence-electron chi connectivity index (χ1n) is 6.67. The first-order chi connectivity index (χ1) is 8.63. The molecule has 2 atom stereocenters. The van der Waals surface area contributed by atoms with Crippen molar-refractivity contribution in [1.82, 2.24) is 4.90 Å². The third-order valence-electron chi connectivity index (χ3n) is 3.91. The fourth-order valence-corrected chi connectivity index (χ4v) is 2.64. The Labute approximate surface area is 109 Å². The second-order valence-electron chi connectivity index (χ2n) is 5.30. The van der Waals surface area contributed by atoms with E-state index in [1.165, 1.54) is 6.42 Å². The smallest absolute Gasteiger partial charge is 0.120 e. The maximum absolute atomic E-state index is 5.75. The van der Waals surface area contributed by atoms with Gasteiger partial charge in [-0.2, -0.15) is 0 Å². The highest BCUT2D eigenvalue weighted by molar-refractivity contribution is 5.19. The summed E-state index contributed by atoms with van der Waals surface area (Å²) in [4.78, 5) is 2.40. The van der Waals surface area contributed by atoms with Crippen LogP contribution in [-0.4, -0.2) is 31.2 Å². The lowest BCUT2D eigenvalue weighted by molar-refractivity contribution is -0.00924. The van der Waals surface area contributed by atoms with Gasteiger partial charge < -0.3 is 14.9 Å². The minimum atomic E-state index is 0.337. The fraction of sp³-hybridized carbons (Fsp3) is 0.714. The van der Waals surface area contributed by atoms with E-state index in [9.17, 15) is 0 Å². The van der Waals surface area contributed by atoms with Crippen LogP contribution in [0.5, 0.6) is 0 Å². The highest BCUT2D eigenvalue weighted by atomic mass is 16.5. The molecule has 0 spiro atoms. The van der Waals surface area contributed by atoms with E-state index in [-0.39, 0.29) is 0 Å². The summed E-state index contributed by atoms with van der Waals surface area (Å²) in [6, 6.07) is 2.10. The molecular formula is C14H24N2O2. The Morgan fingerprint density at radius 1 is 1.56 bits per heavy atom. The van der Waals surface area contributed by atoms with Crippen LogP contribution in [0.4, 0.5) is 0 Å². The number of ether oxygens (including phenoxy) is 1. The van der Waals surface area contributed by atoms with Crippen LogP contribution in [0.2, 0.25) is 0 Å². The lowest BCUT2D eigenvalue weighted by Crippen LogP contribution is -2.43. The van der Waals surface area contributed by atoms with Crippen molar-refractivity contribution in [2.75, 3.05) is 20.2 Å². The number of likely N-dealkylation sites (tertiary alicyclic amines) is 1. The summed E-state index contributed by atoms with van der Waals surface area (Å²) in [6.07, 6.45) is 1.52. The van der Waals surface area contributed by atoms with Gasteiger partial charge in [0, 0.05) is 13.7 Å². The number of rotatable bonds is 4. The standard InChI is InChI=1S/C14H24N2O2/c1-10-4-5-16(9-14(10)17-3)8-12-6-11(2)13(7-15)18-12/h6,10,14H,4-5,7-9,15H2,1-3H3. The molecule has 0 amide bonds. The molecule has 2 unspecified atom stereocenters. The van der Waals surface area contributed by atoms with Crippen molar-refractivity contribution in [3.63, 3.8) is 0 Å². The van der Waals surface area contributed by atoms with Gasteiger partial charge in [-0.25, -0.2) is 0 Å². The largest absolute Gasteiger partial charge is 0.463 e. The topological polar surface area (TPSA) is 51.6 Å². The van der Waals surface area contributed by atoms with E-state index < -0.39 is 0 Å². The Hall–Kier alpha value is -0.840. The first kappa shape index (κ1) is 13.6. The highest BCUT2D eigenvalue weighted by Gasteiger charge is 2.26. The zero-order chi connectivity index (χ0) is 13.1. The molecule has 0 bridgehead atoms. The number of hydrogen-bond donors (Lipinski definition) is 1. The van der Waals surface area contributed by atoms with Crippen LogP contribution >= 0.6 is 0 Å².